The molecule has 0 bridgehead atoms. The van der Waals surface area contributed by atoms with E-state index in [0.29, 0.717) is 42.7 Å². The van der Waals surface area contributed by atoms with E-state index in [0.717, 1.165) is 12.8 Å². The summed E-state index contributed by atoms with van der Waals surface area (Å²) >= 11 is 0. The zero-order valence-electron chi connectivity index (χ0n) is 15.6. The number of halogens is 4. The van der Waals surface area contributed by atoms with Gasteiger partial charge < -0.3 is 16.0 Å². The molecule has 8 nitrogen and oxygen atoms in total. The lowest BCUT2D eigenvalue weighted by Gasteiger charge is -2.31. The molecule has 1 amide bonds. The van der Waals surface area contributed by atoms with Gasteiger partial charge in [-0.25, -0.2) is 8.42 Å². The van der Waals surface area contributed by atoms with Crippen LogP contribution in [0.25, 0.3) is 0 Å². The topological polar surface area (TPSA) is 103 Å². The van der Waals surface area contributed by atoms with E-state index in [1.165, 1.54) is 0 Å². The summed E-state index contributed by atoms with van der Waals surface area (Å²) < 4.78 is 61.0. The van der Waals surface area contributed by atoms with E-state index in [9.17, 15) is 26.4 Å². The predicted molar refractivity (Wildman–Crippen MR) is 110 cm³/mol. The highest BCUT2D eigenvalue weighted by Crippen LogP contribution is 2.30. The van der Waals surface area contributed by atoms with E-state index in [1.54, 1.807) is 7.05 Å². The predicted octanol–water partition coefficient (Wildman–Crippen LogP) is 0.857. The number of nitrogens with zero attached hydrogens (tertiary/aromatic N) is 2. The first-order valence-corrected chi connectivity index (χ1v) is 10.4. The van der Waals surface area contributed by atoms with Crippen LogP contribution in [0.1, 0.15) is 25.7 Å². The molecule has 2 rings (SSSR count). The standard InChI is InChI=1S/C15H26F3N5O3S.HI/c1-19-14(21-7-6-20-13(24)12-2-3-12)22-10-11-4-8-23(9-5-11)27(25,26)15(16,17)18;/h11-12H,2-10H2,1H3,(H,20,24)(H2,19,21,22);1H. The summed E-state index contributed by atoms with van der Waals surface area (Å²) in [7, 11) is -3.65. The van der Waals surface area contributed by atoms with Gasteiger partial charge in [-0.2, -0.15) is 17.5 Å². The third kappa shape index (κ3) is 7.21. The van der Waals surface area contributed by atoms with Crippen LogP contribution in [0.4, 0.5) is 13.2 Å². The Morgan fingerprint density at radius 1 is 1.07 bits per heavy atom. The molecule has 13 heteroatoms. The van der Waals surface area contributed by atoms with Gasteiger partial charge in [-0.05, 0) is 31.6 Å². The smallest absolute Gasteiger partial charge is 0.356 e. The van der Waals surface area contributed by atoms with Crippen molar-refractivity contribution in [2.24, 2.45) is 16.8 Å². The number of aliphatic imine (C=N–C) groups is 1. The molecule has 3 N–H and O–H groups in total. The van der Waals surface area contributed by atoms with Crippen LogP contribution in [0, 0.1) is 11.8 Å². The highest BCUT2D eigenvalue weighted by molar-refractivity contribution is 14.0. The van der Waals surface area contributed by atoms with Gasteiger partial charge in [0.1, 0.15) is 0 Å². The Kier molecular flexibility index (Phi) is 9.73. The van der Waals surface area contributed by atoms with Crippen molar-refractivity contribution < 1.29 is 26.4 Å². The summed E-state index contributed by atoms with van der Waals surface area (Å²) in [6.45, 7) is 1.17. The maximum atomic E-state index is 12.6. The number of guanidine groups is 1. The lowest BCUT2D eigenvalue weighted by Crippen LogP contribution is -2.47. The van der Waals surface area contributed by atoms with Crippen LogP contribution >= 0.6 is 24.0 Å². The van der Waals surface area contributed by atoms with Crippen molar-refractivity contribution >= 4 is 45.9 Å². The van der Waals surface area contributed by atoms with Gasteiger partial charge >= 0.3 is 15.5 Å². The first-order valence-electron chi connectivity index (χ1n) is 8.93. The number of nitrogens with one attached hydrogen (secondary N) is 3. The SMILES string of the molecule is CN=C(NCCNC(=O)C1CC1)NCC1CCN(S(=O)(=O)C(F)(F)F)CC1.I. The third-order valence-electron chi connectivity index (χ3n) is 4.65. The monoisotopic (exact) mass is 541 g/mol. The minimum absolute atomic E-state index is 0. The van der Waals surface area contributed by atoms with Gasteiger partial charge in [-0.15, -0.1) is 24.0 Å². The Hall–Kier alpha value is -0.830. The summed E-state index contributed by atoms with van der Waals surface area (Å²) in [5.41, 5.74) is -5.25. The summed E-state index contributed by atoms with van der Waals surface area (Å²) in [4.78, 5) is 15.6. The summed E-state index contributed by atoms with van der Waals surface area (Å²) in [5, 5.41) is 8.95. The average molecular weight is 541 g/mol. The molecule has 28 heavy (non-hydrogen) atoms. The van der Waals surface area contributed by atoms with Gasteiger partial charge in [0.25, 0.3) is 0 Å². The molecule has 1 aliphatic carbocycles. The average Bonchev–Trinajstić information content (AvgIpc) is 3.45. The van der Waals surface area contributed by atoms with Gasteiger partial charge in [0.05, 0.1) is 0 Å². The molecular formula is C15H27F3IN5O3S. The van der Waals surface area contributed by atoms with Crippen molar-refractivity contribution in [1.82, 2.24) is 20.3 Å². The molecule has 164 valence electrons. The molecule has 0 aromatic rings. The zero-order chi connectivity index (χ0) is 20.1. The fourth-order valence-electron chi connectivity index (χ4n) is 2.82. The van der Waals surface area contributed by atoms with E-state index in [4.69, 9.17) is 0 Å². The molecule has 0 unspecified atom stereocenters. The third-order valence-corrected chi connectivity index (χ3v) is 6.28. The molecule has 2 aliphatic rings. The van der Waals surface area contributed by atoms with Crippen LogP contribution < -0.4 is 16.0 Å². The number of alkyl halides is 3. The van der Waals surface area contributed by atoms with Crippen LogP contribution in [-0.4, -0.2) is 69.9 Å². The second kappa shape index (κ2) is 10.8. The molecule has 2 fully saturated rings. The largest absolute Gasteiger partial charge is 0.511 e. The van der Waals surface area contributed by atoms with Crippen molar-refractivity contribution in [1.29, 1.82) is 0 Å². The Balaban J connectivity index is 0.00000392. The van der Waals surface area contributed by atoms with Crippen LogP contribution in [0.2, 0.25) is 0 Å². The van der Waals surface area contributed by atoms with Gasteiger partial charge in [-0.3, -0.25) is 9.79 Å². The number of rotatable bonds is 7. The molecule has 0 spiro atoms. The Labute approximate surface area is 180 Å². The van der Waals surface area contributed by atoms with Crippen molar-refractivity contribution in [3.8, 4) is 0 Å². The van der Waals surface area contributed by atoms with Crippen molar-refractivity contribution in [3.63, 3.8) is 0 Å². The Morgan fingerprint density at radius 3 is 2.14 bits per heavy atom. The highest BCUT2D eigenvalue weighted by Gasteiger charge is 2.50. The number of sulfonamides is 1. The van der Waals surface area contributed by atoms with Crippen molar-refractivity contribution in [2.75, 3.05) is 39.8 Å². The number of hydrogen-bond donors (Lipinski definition) is 3. The maximum Gasteiger partial charge on any atom is 0.511 e. The Bertz CT molecular complexity index is 648. The molecule has 0 aromatic carbocycles. The number of hydrogen-bond acceptors (Lipinski definition) is 4. The first kappa shape index (κ1) is 25.2. The van der Waals surface area contributed by atoms with Crippen molar-refractivity contribution in [2.45, 2.75) is 31.2 Å². The summed E-state index contributed by atoms with van der Waals surface area (Å²) in [5.74, 6) is 0.814. The molecule has 1 aliphatic heterocycles. The van der Waals surface area contributed by atoms with Crippen molar-refractivity contribution in [3.05, 3.63) is 0 Å². The lowest BCUT2D eigenvalue weighted by molar-refractivity contribution is -0.122. The maximum absolute atomic E-state index is 12.6. The first-order chi connectivity index (χ1) is 12.6. The van der Waals surface area contributed by atoms with Crippen LogP contribution in [0.3, 0.4) is 0 Å². The molecule has 0 atom stereocenters. The molecule has 1 heterocycles. The normalized spacial score (nSPS) is 19.6. The minimum Gasteiger partial charge on any atom is -0.356 e. The fourth-order valence-corrected chi connectivity index (χ4v) is 3.80. The molecule has 0 aromatic heterocycles. The van der Waals surface area contributed by atoms with Crippen LogP contribution in [0.15, 0.2) is 4.99 Å². The van der Waals surface area contributed by atoms with E-state index < -0.39 is 15.5 Å². The fraction of sp³-hybridized carbons (Fsp3) is 0.867. The summed E-state index contributed by atoms with van der Waals surface area (Å²) in [6.07, 6.45) is 2.59. The number of amides is 1. The van der Waals surface area contributed by atoms with Gasteiger partial charge in [-0.1, -0.05) is 0 Å². The lowest BCUT2D eigenvalue weighted by atomic mass is 9.98. The van der Waals surface area contributed by atoms with E-state index in [-0.39, 0.29) is 54.8 Å². The minimum atomic E-state index is -5.25. The number of carbonyl (C=O) groups excluding carboxylic acids is 1. The quantitative estimate of drug-likeness (QED) is 0.192. The molecule has 1 saturated carbocycles. The number of piperidine rings is 1. The Morgan fingerprint density at radius 2 is 1.64 bits per heavy atom. The molecular weight excluding hydrogens is 514 g/mol. The second-order valence-electron chi connectivity index (χ2n) is 6.74. The van der Waals surface area contributed by atoms with Crippen LogP contribution in [-0.2, 0) is 14.8 Å². The van der Waals surface area contributed by atoms with Gasteiger partial charge in [0, 0.05) is 45.7 Å². The van der Waals surface area contributed by atoms with Crippen LogP contribution in [0.5, 0.6) is 0 Å². The van der Waals surface area contributed by atoms with Gasteiger partial charge in [0.2, 0.25) is 5.91 Å². The van der Waals surface area contributed by atoms with Gasteiger partial charge in [0.15, 0.2) is 5.96 Å². The zero-order valence-corrected chi connectivity index (χ0v) is 18.7. The van der Waals surface area contributed by atoms with E-state index in [2.05, 4.69) is 20.9 Å². The molecule has 1 saturated heterocycles. The summed E-state index contributed by atoms with van der Waals surface area (Å²) in [6, 6.07) is 0. The van der Waals surface area contributed by atoms with E-state index >= 15 is 0 Å². The highest BCUT2D eigenvalue weighted by atomic mass is 127. The second-order valence-corrected chi connectivity index (χ2v) is 8.67. The van der Waals surface area contributed by atoms with E-state index in [1.807, 2.05) is 0 Å². The number of carbonyl (C=O) groups is 1. The molecule has 0 radical (unpaired) electrons.